The highest BCUT2D eigenvalue weighted by atomic mass is 16.2. The topological polar surface area (TPSA) is 62.3 Å². The number of carbonyl (C=O) groups excluding carboxylic acids is 2. The summed E-state index contributed by atoms with van der Waals surface area (Å²) in [6.45, 7) is 7.00. The summed E-state index contributed by atoms with van der Waals surface area (Å²) in [5, 5.41) is 3.13. The van der Waals surface area contributed by atoms with Crippen molar-refractivity contribution in [2.75, 3.05) is 13.1 Å². The van der Waals surface area contributed by atoms with Gasteiger partial charge in [-0.3, -0.25) is 14.6 Å². The summed E-state index contributed by atoms with van der Waals surface area (Å²) in [5.74, 6) is 0.170. The molecular formula is C17H25N3O2. The van der Waals surface area contributed by atoms with Gasteiger partial charge in [-0.15, -0.1) is 0 Å². The van der Waals surface area contributed by atoms with Gasteiger partial charge in [0.05, 0.1) is 11.7 Å². The van der Waals surface area contributed by atoms with Gasteiger partial charge in [0.2, 0.25) is 11.8 Å². The van der Waals surface area contributed by atoms with Gasteiger partial charge in [-0.1, -0.05) is 13.0 Å². The van der Waals surface area contributed by atoms with Crippen LogP contribution >= 0.6 is 0 Å². The number of nitrogens with zero attached hydrogens (tertiary/aromatic N) is 2. The first-order chi connectivity index (χ1) is 10.5. The van der Waals surface area contributed by atoms with Crippen molar-refractivity contribution < 1.29 is 9.59 Å². The predicted octanol–water partition coefficient (Wildman–Crippen LogP) is 2.22. The van der Waals surface area contributed by atoms with E-state index in [2.05, 4.69) is 17.2 Å². The molecule has 22 heavy (non-hydrogen) atoms. The minimum atomic E-state index is -0.0421. The van der Waals surface area contributed by atoms with Crippen molar-refractivity contribution >= 4 is 11.8 Å². The van der Waals surface area contributed by atoms with Gasteiger partial charge in [-0.2, -0.15) is 0 Å². The van der Waals surface area contributed by atoms with Crippen LogP contribution in [0.25, 0.3) is 0 Å². The van der Waals surface area contributed by atoms with E-state index in [1.54, 1.807) is 13.1 Å². The van der Waals surface area contributed by atoms with Crippen LogP contribution in [-0.2, 0) is 9.59 Å². The maximum atomic E-state index is 12.5. The maximum Gasteiger partial charge on any atom is 0.223 e. The molecule has 2 heterocycles. The van der Waals surface area contributed by atoms with E-state index in [-0.39, 0.29) is 23.8 Å². The maximum absolute atomic E-state index is 12.5. The third-order valence-corrected chi connectivity index (χ3v) is 4.42. The first-order valence-corrected chi connectivity index (χ1v) is 8.00. The molecule has 0 spiro atoms. The number of piperidine rings is 1. The van der Waals surface area contributed by atoms with Crippen molar-refractivity contribution in [3.05, 3.63) is 29.6 Å². The Bertz CT molecular complexity index is 536. The summed E-state index contributed by atoms with van der Waals surface area (Å²) >= 11 is 0. The largest absolute Gasteiger partial charge is 0.347 e. The molecule has 0 radical (unpaired) electrons. The summed E-state index contributed by atoms with van der Waals surface area (Å²) in [7, 11) is 0. The molecule has 0 saturated carbocycles. The van der Waals surface area contributed by atoms with Gasteiger partial charge in [0.1, 0.15) is 0 Å². The molecule has 5 heteroatoms. The fraction of sp³-hybridized carbons (Fsp3) is 0.588. The summed E-state index contributed by atoms with van der Waals surface area (Å²) in [5.41, 5.74) is 2.04. The van der Waals surface area contributed by atoms with E-state index in [9.17, 15) is 9.59 Å². The van der Waals surface area contributed by atoms with Gasteiger partial charge in [-0.25, -0.2) is 0 Å². The number of likely N-dealkylation sites (tertiary alicyclic amines) is 1. The van der Waals surface area contributed by atoms with E-state index >= 15 is 0 Å². The third-order valence-electron chi connectivity index (χ3n) is 4.42. The van der Waals surface area contributed by atoms with Crippen LogP contribution in [-0.4, -0.2) is 34.8 Å². The van der Waals surface area contributed by atoms with Crippen LogP contribution in [0.4, 0.5) is 0 Å². The first-order valence-electron chi connectivity index (χ1n) is 8.00. The average molecular weight is 303 g/mol. The molecule has 1 aliphatic heterocycles. The number of pyridine rings is 1. The van der Waals surface area contributed by atoms with Crippen molar-refractivity contribution in [2.45, 2.75) is 46.1 Å². The second-order valence-electron chi connectivity index (χ2n) is 5.96. The number of aryl methyl sites for hydroxylation is 1. The van der Waals surface area contributed by atoms with Crippen molar-refractivity contribution in [3.63, 3.8) is 0 Å². The molecule has 1 aromatic heterocycles. The van der Waals surface area contributed by atoms with Crippen LogP contribution in [0.15, 0.2) is 18.3 Å². The monoisotopic (exact) mass is 303 g/mol. The predicted molar refractivity (Wildman–Crippen MR) is 85.1 cm³/mol. The molecule has 1 atom stereocenters. The van der Waals surface area contributed by atoms with Crippen LogP contribution in [0.5, 0.6) is 0 Å². The Morgan fingerprint density at radius 3 is 2.64 bits per heavy atom. The van der Waals surface area contributed by atoms with E-state index in [0.29, 0.717) is 13.1 Å². The molecule has 1 N–H and O–H groups in total. The minimum Gasteiger partial charge on any atom is -0.347 e. The zero-order valence-electron chi connectivity index (χ0n) is 13.6. The molecule has 0 aliphatic carbocycles. The van der Waals surface area contributed by atoms with Crippen LogP contribution in [0, 0.1) is 12.8 Å². The standard InChI is InChI=1S/C17H25N3O2/c1-4-15(16-12(2)6-5-9-18-16)19-17(22)14-7-10-20(11-8-14)13(3)21/h5-6,9,14-15H,4,7-8,10-11H2,1-3H3,(H,19,22)/t15-/m1/s1. The number of hydrogen-bond acceptors (Lipinski definition) is 3. The van der Waals surface area contributed by atoms with E-state index in [4.69, 9.17) is 0 Å². The molecule has 120 valence electrons. The second kappa shape index (κ2) is 7.38. The lowest BCUT2D eigenvalue weighted by Gasteiger charge is -2.31. The van der Waals surface area contributed by atoms with Crippen molar-refractivity contribution in [1.29, 1.82) is 0 Å². The fourth-order valence-corrected chi connectivity index (χ4v) is 2.97. The van der Waals surface area contributed by atoms with Crippen molar-refractivity contribution in [3.8, 4) is 0 Å². The average Bonchev–Trinajstić information content (AvgIpc) is 2.53. The number of aromatic nitrogens is 1. The zero-order valence-corrected chi connectivity index (χ0v) is 13.6. The number of amides is 2. The van der Waals surface area contributed by atoms with Crippen molar-refractivity contribution in [2.24, 2.45) is 5.92 Å². The number of rotatable bonds is 4. The second-order valence-corrected chi connectivity index (χ2v) is 5.96. The fourth-order valence-electron chi connectivity index (χ4n) is 2.97. The molecule has 1 aromatic rings. The van der Waals surface area contributed by atoms with Gasteiger partial charge >= 0.3 is 0 Å². The normalized spacial score (nSPS) is 17.1. The summed E-state index contributed by atoms with van der Waals surface area (Å²) < 4.78 is 0. The van der Waals surface area contributed by atoms with E-state index in [1.807, 2.05) is 24.0 Å². The molecular weight excluding hydrogens is 278 g/mol. The first kappa shape index (κ1) is 16.5. The van der Waals surface area contributed by atoms with Gasteiger partial charge in [0.15, 0.2) is 0 Å². The smallest absolute Gasteiger partial charge is 0.223 e. The van der Waals surface area contributed by atoms with Crippen LogP contribution in [0.1, 0.15) is 50.4 Å². The molecule has 1 saturated heterocycles. The minimum absolute atomic E-state index is 0.00586. The molecule has 2 amide bonds. The molecule has 2 rings (SSSR count). The highest BCUT2D eigenvalue weighted by molar-refractivity contribution is 5.80. The number of hydrogen-bond donors (Lipinski definition) is 1. The highest BCUT2D eigenvalue weighted by Gasteiger charge is 2.27. The zero-order chi connectivity index (χ0) is 16.1. The van der Waals surface area contributed by atoms with Gasteiger partial charge in [-0.05, 0) is 37.8 Å². The lowest BCUT2D eigenvalue weighted by molar-refractivity contribution is -0.134. The Kier molecular flexibility index (Phi) is 5.52. The lowest BCUT2D eigenvalue weighted by Crippen LogP contribution is -2.43. The molecule has 1 fully saturated rings. The molecule has 5 nitrogen and oxygen atoms in total. The Balaban J connectivity index is 1.96. The van der Waals surface area contributed by atoms with Crippen LogP contribution in [0.3, 0.4) is 0 Å². The number of carbonyl (C=O) groups is 2. The third kappa shape index (κ3) is 3.84. The Hall–Kier alpha value is -1.91. The summed E-state index contributed by atoms with van der Waals surface area (Å²) in [4.78, 5) is 30.1. The van der Waals surface area contributed by atoms with Gasteiger partial charge < -0.3 is 10.2 Å². The highest BCUT2D eigenvalue weighted by Crippen LogP contribution is 2.22. The van der Waals surface area contributed by atoms with Crippen LogP contribution < -0.4 is 5.32 Å². The summed E-state index contributed by atoms with van der Waals surface area (Å²) in [6, 6.07) is 3.88. The van der Waals surface area contributed by atoms with E-state index in [1.165, 1.54) is 0 Å². The van der Waals surface area contributed by atoms with Crippen LogP contribution in [0.2, 0.25) is 0 Å². The Labute approximate surface area is 132 Å². The molecule has 0 bridgehead atoms. The Morgan fingerprint density at radius 2 is 2.09 bits per heavy atom. The lowest BCUT2D eigenvalue weighted by atomic mass is 9.95. The molecule has 1 aliphatic rings. The quantitative estimate of drug-likeness (QED) is 0.927. The van der Waals surface area contributed by atoms with E-state index in [0.717, 1.165) is 30.5 Å². The number of nitrogens with one attached hydrogen (secondary N) is 1. The van der Waals surface area contributed by atoms with E-state index < -0.39 is 0 Å². The van der Waals surface area contributed by atoms with Crippen molar-refractivity contribution in [1.82, 2.24) is 15.2 Å². The molecule has 0 unspecified atom stereocenters. The SMILES string of the molecule is CC[C@@H](NC(=O)C1CCN(C(C)=O)CC1)c1ncccc1C. The van der Waals surface area contributed by atoms with Gasteiger partial charge in [0, 0.05) is 32.1 Å². The molecule has 0 aromatic carbocycles. The Morgan fingerprint density at radius 1 is 1.41 bits per heavy atom. The van der Waals surface area contributed by atoms with Gasteiger partial charge in [0.25, 0.3) is 0 Å². The summed E-state index contributed by atoms with van der Waals surface area (Å²) in [6.07, 6.45) is 4.06.